The van der Waals surface area contributed by atoms with E-state index in [0.29, 0.717) is 6.04 Å². The third-order valence-electron chi connectivity index (χ3n) is 3.88. The fourth-order valence-electron chi connectivity index (χ4n) is 2.85. The minimum Gasteiger partial charge on any atom is -0.382 e. The highest BCUT2D eigenvalue weighted by atomic mass is 19.1. The van der Waals surface area contributed by atoms with Gasteiger partial charge in [-0.1, -0.05) is 6.07 Å². The number of nitrogens with zero attached hydrogens (tertiary/aromatic N) is 2. The van der Waals surface area contributed by atoms with Crippen LogP contribution in [0.2, 0.25) is 0 Å². The first-order chi connectivity index (χ1) is 10.2. The molecule has 21 heavy (non-hydrogen) atoms. The minimum absolute atomic E-state index is 0.177. The second-order valence-corrected chi connectivity index (χ2v) is 5.61. The molecule has 1 aromatic heterocycles. The Morgan fingerprint density at radius 1 is 1.19 bits per heavy atom. The number of pyridine rings is 1. The lowest BCUT2D eigenvalue weighted by atomic mass is 10.0. The zero-order valence-electron chi connectivity index (χ0n) is 12.2. The molecule has 4 heteroatoms. The molecule has 2 aromatic rings. The quantitative estimate of drug-likeness (QED) is 0.933. The second kappa shape index (κ2) is 6.12. The van der Waals surface area contributed by atoms with Crippen molar-refractivity contribution in [3.05, 3.63) is 54.0 Å². The number of aryl methyl sites for hydroxylation is 1. The first-order valence-electron chi connectivity index (χ1n) is 7.40. The molecular formula is C17H20FN3. The van der Waals surface area contributed by atoms with Crippen LogP contribution in [0.1, 0.15) is 18.4 Å². The molecule has 1 aromatic carbocycles. The number of nitrogens with one attached hydrogen (secondary N) is 1. The van der Waals surface area contributed by atoms with Gasteiger partial charge in [-0.15, -0.1) is 0 Å². The van der Waals surface area contributed by atoms with E-state index in [1.807, 2.05) is 37.4 Å². The van der Waals surface area contributed by atoms with Crippen molar-refractivity contribution >= 4 is 11.5 Å². The Morgan fingerprint density at radius 3 is 2.67 bits per heavy atom. The van der Waals surface area contributed by atoms with Crippen molar-refractivity contribution in [3.8, 4) is 0 Å². The number of piperidine rings is 1. The van der Waals surface area contributed by atoms with Gasteiger partial charge in [-0.3, -0.25) is 0 Å². The molecule has 1 fully saturated rings. The molecule has 2 heterocycles. The van der Waals surface area contributed by atoms with Crippen LogP contribution >= 0.6 is 0 Å². The van der Waals surface area contributed by atoms with Crippen molar-refractivity contribution in [2.75, 3.05) is 23.3 Å². The molecule has 3 nitrogen and oxygen atoms in total. The summed E-state index contributed by atoms with van der Waals surface area (Å²) >= 11 is 0. The van der Waals surface area contributed by atoms with E-state index in [1.54, 1.807) is 12.1 Å². The van der Waals surface area contributed by atoms with Crippen molar-refractivity contribution in [2.45, 2.75) is 25.8 Å². The van der Waals surface area contributed by atoms with Crippen LogP contribution in [-0.4, -0.2) is 24.1 Å². The maximum atomic E-state index is 13.4. The summed E-state index contributed by atoms with van der Waals surface area (Å²) in [5.74, 6) is 0.862. The van der Waals surface area contributed by atoms with Gasteiger partial charge in [0.2, 0.25) is 0 Å². The molecule has 1 saturated heterocycles. The largest absolute Gasteiger partial charge is 0.382 e. The Labute approximate surface area is 124 Å². The van der Waals surface area contributed by atoms with Crippen LogP contribution in [0.3, 0.4) is 0 Å². The van der Waals surface area contributed by atoms with Crippen molar-refractivity contribution in [1.29, 1.82) is 0 Å². The van der Waals surface area contributed by atoms with Crippen LogP contribution in [0, 0.1) is 12.7 Å². The SMILES string of the molecule is Cc1cc(F)cc(NC2CCN(c3ccccn3)CC2)c1. The van der Waals surface area contributed by atoms with E-state index in [4.69, 9.17) is 0 Å². The molecule has 0 amide bonds. The standard InChI is InChI=1S/C17H20FN3/c1-13-10-14(18)12-16(11-13)20-15-5-8-21(9-6-15)17-4-2-3-7-19-17/h2-4,7,10-12,15,20H,5-6,8-9H2,1H3. The van der Waals surface area contributed by atoms with E-state index in [0.717, 1.165) is 43.0 Å². The fraction of sp³-hybridized carbons (Fsp3) is 0.353. The maximum absolute atomic E-state index is 13.4. The second-order valence-electron chi connectivity index (χ2n) is 5.61. The molecule has 0 aliphatic carbocycles. The molecule has 0 unspecified atom stereocenters. The maximum Gasteiger partial charge on any atom is 0.128 e. The first-order valence-corrected chi connectivity index (χ1v) is 7.40. The molecule has 0 bridgehead atoms. The van der Waals surface area contributed by atoms with Gasteiger partial charge < -0.3 is 10.2 Å². The summed E-state index contributed by atoms with van der Waals surface area (Å²) in [6.45, 7) is 3.86. The lowest BCUT2D eigenvalue weighted by Gasteiger charge is -2.33. The summed E-state index contributed by atoms with van der Waals surface area (Å²) in [5, 5.41) is 3.45. The fourth-order valence-corrected chi connectivity index (χ4v) is 2.85. The van der Waals surface area contributed by atoms with Crippen LogP contribution in [0.25, 0.3) is 0 Å². The minimum atomic E-state index is -0.177. The monoisotopic (exact) mass is 285 g/mol. The third kappa shape index (κ3) is 3.51. The lowest BCUT2D eigenvalue weighted by Crippen LogP contribution is -2.39. The van der Waals surface area contributed by atoms with E-state index >= 15 is 0 Å². The van der Waals surface area contributed by atoms with Gasteiger partial charge in [-0.25, -0.2) is 9.37 Å². The molecule has 1 aliphatic heterocycles. The number of anilines is 2. The predicted molar refractivity (Wildman–Crippen MR) is 84.2 cm³/mol. The van der Waals surface area contributed by atoms with Gasteiger partial charge >= 0.3 is 0 Å². The highest BCUT2D eigenvalue weighted by Gasteiger charge is 2.19. The highest BCUT2D eigenvalue weighted by Crippen LogP contribution is 2.21. The number of halogens is 1. The summed E-state index contributed by atoms with van der Waals surface area (Å²) < 4.78 is 13.4. The zero-order valence-corrected chi connectivity index (χ0v) is 12.2. The average Bonchev–Trinajstić information content (AvgIpc) is 2.48. The molecule has 3 rings (SSSR count). The Kier molecular flexibility index (Phi) is 4.04. The molecule has 0 atom stereocenters. The van der Waals surface area contributed by atoms with Crippen LogP contribution in [-0.2, 0) is 0 Å². The zero-order chi connectivity index (χ0) is 14.7. The van der Waals surface area contributed by atoms with E-state index in [9.17, 15) is 4.39 Å². The summed E-state index contributed by atoms with van der Waals surface area (Å²) in [5.41, 5.74) is 1.83. The Bertz CT molecular complexity index is 572. The lowest BCUT2D eigenvalue weighted by molar-refractivity contribution is 0.523. The first kappa shape index (κ1) is 13.9. The van der Waals surface area contributed by atoms with E-state index in [-0.39, 0.29) is 5.82 Å². The summed E-state index contributed by atoms with van der Waals surface area (Å²) in [7, 11) is 0. The van der Waals surface area contributed by atoms with Gasteiger partial charge in [0.05, 0.1) is 0 Å². The molecule has 1 N–H and O–H groups in total. The van der Waals surface area contributed by atoms with Gasteiger partial charge in [0.1, 0.15) is 11.6 Å². The smallest absolute Gasteiger partial charge is 0.128 e. The molecule has 0 saturated carbocycles. The highest BCUT2D eigenvalue weighted by molar-refractivity contribution is 5.47. The van der Waals surface area contributed by atoms with Crippen LogP contribution < -0.4 is 10.2 Å². The molecular weight excluding hydrogens is 265 g/mol. The summed E-state index contributed by atoms with van der Waals surface area (Å²) in [6, 6.07) is 11.5. The third-order valence-corrected chi connectivity index (χ3v) is 3.88. The topological polar surface area (TPSA) is 28.2 Å². The Morgan fingerprint density at radius 2 is 2.00 bits per heavy atom. The van der Waals surface area contributed by atoms with Gasteiger partial charge in [0.25, 0.3) is 0 Å². The Hall–Kier alpha value is -2.10. The van der Waals surface area contributed by atoms with Gasteiger partial charge in [0.15, 0.2) is 0 Å². The van der Waals surface area contributed by atoms with E-state index < -0.39 is 0 Å². The van der Waals surface area contributed by atoms with Crippen molar-refractivity contribution in [3.63, 3.8) is 0 Å². The van der Waals surface area contributed by atoms with Crippen molar-refractivity contribution in [1.82, 2.24) is 4.98 Å². The number of benzene rings is 1. The number of hydrogen-bond donors (Lipinski definition) is 1. The van der Waals surface area contributed by atoms with Crippen molar-refractivity contribution < 1.29 is 4.39 Å². The summed E-state index contributed by atoms with van der Waals surface area (Å²) in [6.07, 6.45) is 3.90. The number of aromatic nitrogens is 1. The van der Waals surface area contributed by atoms with Crippen LogP contribution in [0.5, 0.6) is 0 Å². The Balaban J connectivity index is 1.58. The normalized spacial score (nSPS) is 16.0. The average molecular weight is 285 g/mol. The van der Waals surface area contributed by atoms with Gasteiger partial charge in [-0.05, 0) is 55.7 Å². The predicted octanol–water partition coefficient (Wildman–Crippen LogP) is 3.61. The molecule has 1 aliphatic rings. The number of hydrogen-bond acceptors (Lipinski definition) is 3. The van der Waals surface area contributed by atoms with Crippen molar-refractivity contribution in [2.24, 2.45) is 0 Å². The van der Waals surface area contributed by atoms with Crippen LogP contribution in [0.15, 0.2) is 42.6 Å². The van der Waals surface area contributed by atoms with E-state index in [1.165, 1.54) is 0 Å². The van der Waals surface area contributed by atoms with Gasteiger partial charge in [-0.2, -0.15) is 0 Å². The molecule has 110 valence electrons. The number of rotatable bonds is 3. The molecule has 0 radical (unpaired) electrons. The molecule has 0 spiro atoms. The van der Waals surface area contributed by atoms with Crippen LogP contribution in [0.4, 0.5) is 15.9 Å². The summed E-state index contributed by atoms with van der Waals surface area (Å²) in [4.78, 5) is 6.69. The van der Waals surface area contributed by atoms with E-state index in [2.05, 4.69) is 15.2 Å². The van der Waals surface area contributed by atoms with Gasteiger partial charge in [0, 0.05) is 31.0 Å².